The molecule has 0 saturated carbocycles. The summed E-state index contributed by atoms with van der Waals surface area (Å²) in [5, 5.41) is 13.3. The van der Waals surface area contributed by atoms with Crippen molar-refractivity contribution in [3.05, 3.63) is 71.9 Å². The van der Waals surface area contributed by atoms with Crippen LogP contribution in [0.25, 0.3) is 22.0 Å². The van der Waals surface area contributed by atoms with Gasteiger partial charge in [0.1, 0.15) is 5.69 Å². The number of H-pyrrole nitrogens is 1. The van der Waals surface area contributed by atoms with Crippen molar-refractivity contribution in [1.29, 1.82) is 0 Å². The lowest BCUT2D eigenvalue weighted by Crippen LogP contribution is -2.18. The maximum atomic E-state index is 12.5. The predicted octanol–water partition coefficient (Wildman–Crippen LogP) is 4.02. The van der Waals surface area contributed by atoms with Crippen LogP contribution in [0.2, 0.25) is 0 Å². The van der Waals surface area contributed by atoms with Gasteiger partial charge in [-0.1, -0.05) is 42.5 Å². The van der Waals surface area contributed by atoms with Gasteiger partial charge in [0.25, 0.3) is 5.91 Å². The van der Waals surface area contributed by atoms with Crippen LogP contribution >= 0.6 is 0 Å². The summed E-state index contributed by atoms with van der Waals surface area (Å²) in [5.41, 5.74) is 5.09. The lowest BCUT2D eigenvalue weighted by Gasteiger charge is -2.12. The van der Waals surface area contributed by atoms with E-state index in [4.69, 9.17) is 14.2 Å². The summed E-state index contributed by atoms with van der Waals surface area (Å²) in [6.07, 6.45) is 1.49. The third-order valence-electron chi connectivity index (χ3n) is 4.95. The van der Waals surface area contributed by atoms with Gasteiger partial charge in [0, 0.05) is 11.1 Å². The standard InChI is InChI=1S/C24H22N4O4/c1-30-21-11-15(12-22(31-2)23(21)32-3)14-25-28-24(29)20-13-19(26-27-20)18-10-6-8-16-7-4-5-9-17(16)18/h4-14H,1-3H3,(H,26,27)(H,28,29)/b25-14+. The summed E-state index contributed by atoms with van der Waals surface area (Å²) in [7, 11) is 4.60. The zero-order valence-electron chi connectivity index (χ0n) is 17.9. The normalized spacial score (nSPS) is 11.0. The van der Waals surface area contributed by atoms with Crippen LogP contribution in [0.1, 0.15) is 16.1 Å². The summed E-state index contributed by atoms with van der Waals surface area (Å²) >= 11 is 0. The smallest absolute Gasteiger partial charge is 0.289 e. The molecule has 0 radical (unpaired) electrons. The van der Waals surface area contributed by atoms with E-state index in [1.165, 1.54) is 27.5 Å². The highest BCUT2D eigenvalue weighted by atomic mass is 16.5. The Morgan fingerprint density at radius 2 is 1.69 bits per heavy atom. The van der Waals surface area contributed by atoms with Crippen LogP contribution in [0.5, 0.6) is 17.2 Å². The average molecular weight is 430 g/mol. The highest BCUT2D eigenvalue weighted by molar-refractivity contribution is 5.98. The van der Waals surface area contributed by atoms with E-state index in [-0.39, 0.29) is 0 Å². The molecule has 0 spiro atoms. The van der Waals surface area contributed by atoms with Gasteiger partial charge >= 0.3 is 0 Å². The average Bonchev–Trinajstić information content (AvgIpc) is 3.33. The first-order valence-corrected chi connectivity index (χ1v) is 9.81. The van der Waals surface area contributed by atoms with Crippen molar-refractivity contribution in [2.75, 3.05) is 21.3 Å². The van der Waals surface area contributed by atoms with Gasteiger partial charge in [0.2, 0.25) is 5.75 Å². The molecular weight excluding hydrogens is 408 g/mol. The molecule has 162 valence electrons. The first kappa shape index (κ1) is 20.9. The van der Waals surface area contributed by atoms with Crippen LogP contribution in [-0.4, -0.2) is 43.6 Å². The van der Waals surface area contributed by atoms with Gasteiger partial charge in [0.15, 0.2) is 11.5 Å². The number of methoxy groups -OCH3 is 3. The lowest BCUT2D eigenvalue weighted by molar-refractivity contribution is 0.0950. The van der Waals surface area contributed by atoms with Crippen LogP contribution in [-0.2, 0) is 0 Å². The molecule has 1 heterocycles. The van der Waals surface area contributed by atoms with Crippen molar-refractivity contribution in [3.63, 3.8) is 0 Å². The van der Waals surface area contributed by atoms with Gasteiger partial charge in [-0.05, 0) is 29.0 Å². The summed E-state index contributed by atoms with van der Waals surface area (Å²) in [5.74, 6) is 1.06. The summed E-state index contributed by atoms with van der Waals surface area (Å²) in [6.45, 7) is 0. The molecule has 4 aromatic rings. The number of ether oxygens (including phenoxy) is 3. The van der Waals surface area contributed by atoms with Gasteiger partial charge < -0.3 is 14.2 Å². The zero-order chi connectivity index (χ0) is 22.5. The fraction of sp³-hybridized carbons (Fsp3) is 0.125. The molecule has 0 aliphatic heterocycles. The number of nitrogens with zero attached hydrogens (tertiary/aromatic N) is 2. The Morgan fingerprint density at radius 3 is 2.41 bits per heavy atom. The van der Waals surface area contributed by atoms with Crippen molar-refractivity contribution in [2.45, 2.75) is 0 Å². The molecule has 32 heavy (non-hydrogen) atoms. The van der Waals surface area contributed by atoms with Crippen molar-refractivity contribution < 1.29 is 19.0 Å². The Kier molecular flexibility index (Phi) is 6.03. The molecule has 1 amide bonds. The second-order valence-corrected chi connectivity index (χ2v) is 6.85. The largest absolute Gasteiger partial charge is 0.493 e. The second kappa shape index (κ2) is 9.22. The minimum absolute atomic E-state index is 0.301. The second-order valence-electron chi connectivity index (χ2n) is 6.85. The van der Waals surface area contributed by atoms with E-state index in [2.05, 4.69) is 20.7 Å². The Morgan fingerprint density at radius 1 is 0.969 bits per heavy atom. The van der Waals surface area contributed by atoms with Crippen molar-refractivity contribution in [2.24, 2.45) is 5.10 Å². The first-order chi connectivity index (χ1) is 15.6. The van der Waals surface area contributed by atoms with Gasteiger partial charge in [-0.2, -0.15) is 10.2 Å². The van der Waals surface area contributed by atoms with E-state index in [1.807, 2.05) is 42.5 Å². The van der Waals surface area contributed by atoms with Crippen LogP contribution in [0.4, 0.5) is 0 Å². The number of hydrazone groups is 1. The Balaban J connectivity index is 1.51. The minimum atomic E-state index is -0.410. The fourth-order valence-corrected chi connectivity index (χ4v) is 3.43. The third kappa shape index (κ3) is 4.11. The number of carbonyl (C=O) groups excluding carboxylic acids is 1. The topological polar surface area (TPSA) is 97.8 Å². The maximum absolute atomic E-state index is 12.5. The number of amides is 1. The van der Waals surface area contributed by atoms with Gasteiger partial charge in [-0.15, -0.1) is 0 Å². The summed E-state index contributed by atoms with van der Waals surface area (Å²) < 4.78 is 16.0. The van der Waals surface area contributed by atoms with Crippen molar-refractivity contribution in [3.8, 4) is 28.5 Å². The summed E-state index contributed by atoms with van der Waals surface area (Å²) in [4.78, 5) is 12.5. The van der Waals surface area contributed by atoms with E-state index in [0.717, 1.165) is 16.3 Å². The van der Waals surface area contributed by atoms with Gasteiger partial charge in [0.05, 0.1) is 33.2 Å². The molecule has 0 atom stereocenters. The number of aromatic nitrogens is 2. The molecule has 8 nitrogen and oxygen atoms in total. The van der Waals surface area contributed by atoms with E-state index in [0.29, 0.717) is 34.2 Å². The highest BCUT2D eigenvalue weighted by Crippen LogP contribution is 2.37. The number of hydrogen-bond acceptors (Lipinski definition) is 6. The van der Waals surface area contributed by atoms with E-state index in [1.54, 1.807) is 18.2 Å². The quantitative estimate of drug-likeness (QED) is 0.341. The monoisotopic (exact) mass is 430 g/mol. The Labute approximate surface area is 184 Å². The molecule has 0 aliphatic rings. The molecule has 2 N–H and O–H groups in total. The molecule has 0 aliphatic carbocycles. The number of rotatable bonds is 7. The molecule has 0 saturated heterocycles. The SMILES string of the molecule is COc1cc(/C=N/NC(=O)c2cc(-c3cccc4ccccc34)n[nH]2)cc(OC)c1OC. The summed E-state index contributed by atoms with van der Waals surface area (Å²) in [6, 6.07) is 19.2. The van der Waals surface area contributed by atoms with Crippen LogP contribution in [0, 0.1) is 0 Å². The predicted molar refractivity (Wildman–Crippen MR) is 123 cm³/mol. The van der Waals surface area contributed by atoms with E-state index >= 15 is 0 Å². The van der Waals surface area contributed by atoms with E-state index < -0.39 is 5.91 Å². The van der Waals surface area contributed by atoms with Crippen LogP contribution in [0.15, 0.2) is 65.8 Å². The maximum Gasteiger partial charge on any atom is 0.289 e. The number of benzene rings is 3. The number of nitrogens with one attached hydrogen (secondary N) is 2. The Bertz CT molecular complexity index is 1270. The van der Waals surface area contributed by atoms with Gasteiger partial charge in [-0.25, -0.2) is 5.43 Å². The Hall–Kier alpha value is -4.33. The molecule has 0 bridgehead atoms. The fourth-order valence-electron chi connectivity index (χ4n) is 3.43. The number of carbonyl (C=O) groups is 1. The van der Waals surface area contributed by atoms with Crippen LogP contribution in [0.3, 0.4) is 0 Å². The molecule has 3 aromatic carbocycles. The lowest BCUT2D eigenvalue weighted by atomic mass is 10.0. The minimum Gasteiger partial charge on any atom is -0.493 e. The van der Waals surface area contributed by atoms with E-state index in [9.17, 15) is 4.79 Å². The van der Waals surface area contributed by atoms with Gasteiger partial charge in [-0.3, -0.25) is 9.89 Å². The molecule has 1 aromatic heterocycles. The van der Waals surface area contributed by atoms with Crippen molar-refractivity contribution in [1.82, 2.24) is 15.6 Å². The number of fused-ring (bicyclic) bond motifs is 1. The number of aromatic amines is 1. The van der Waals surface area contributed by atoms with Crippen LogP contribution < -0.4 is 19.6 Å². The highest BCUT2D eigenvalue weighted by Gasteiger charge is 2.14. The number of hydrogen-bond donors (Lipinski definition) is 2. The van der Waals surface area contributed by atoms with Crippen molar-refractivity contribution >= 4 is 22.9 Å². The first-order valence-electron chi connectivity index (χ1n) is 9.81. The molecule has 8 heteroatoms. The zero-order valence-corrected chi connectivity index (χ0v) is 17.9. The molecule has 4 rings (SSSR count). The third-order valence-corrected chi connectivity index (χ3v) is 4.95. The molecular formula is C24H22N4O4. The molecule has 0 unspecified atom stereocenters. The molecule has 0 fully saturated rings.